The van der Waals surface area contributed by atoms with Gasteiger partial charge < -0.3 is 33.8 Å². The summed E-state index contributed by atoms with van der Waals surface area (Å²) < 4.78 is 68.6. The van der Waals surface area contributed by atoms with E-state index < -0.39 is 97.5 Å². The summed E-state index contributed by atoms with van der Waals surface area (Å²) in [5.41, 5.74) is 0. The Kier molecular flexibility index (Phi) is 68.7. The number of aliphatic hydroxyl groups is 1. The van der Waals surface area contributed by atoms with Gasteiger partial charge in [-0.25, -0.2) is 9.13 Å². The number of unbranched alkanes of at least 4 members (excludes halogenated alkanes) is 48. The average Bonchev–Trinajstić information content (AvgIpc) is 1.14. The lowest BCUT2D eigenvalue weighted by atomic mass is 9.99. The molecule has 6 atom stereocenters. The number of hydrogen-bond acceptors (Lipinski definition) is 15. The Hall–Kier alpha value is -1.94. The fraction of sp³-hybridized carbons (Fsp3) is 0.948. The highest BCUT2D eigenvalue weighted by Crippen LogP contribution is 2.45. The molecule has 19 heteroatoms. The lowest BCUT2D eigenvalue weighted by Gasteiger charge is -2.21. The van der Waals surface area contributed by atoms with Crippen molar-refractivity contribution in [3.8, 4) is 0 Å². The van der Waals surface area contributed by atoms with Crippen LogP contribution in [0.15, 0.2) is 0 Å². The largest absolute Gasteiger partial charge is 0.472 e. The van der Waals surface area contributed by atoms with Gasteiger partial charge in [-0.3, -0.25) is 37.3 Å². The first kappa shape index (κ1) is 94.1. The van der Waals surface area contributed by atoms with Crippen molar-refractivity contribution in [2.75, 3.05) is 39.6 Å². The molecule has 96 heavy (non-hydrogen) atoms. The molecule has 0 aliphatic rings. The van der Waals surface area contributed by atoms with E-state index in [2.05, 4.69) is 34.6 Å². The summed E-state index contributed by atoms with van der Waals surface area (Å²) in [5.74, 6) is -1.34. The number of rotatable bonds is 77. The number of ether oxygens (including phenoxy) is 4. The molecule has 17 nitrogen and oxygen atoms in total. The predicted octanol–water partition coefficient (Wildman–Crippen LogP) is 22.9. The lowest BCUT2D eigenvalue weighted by Crippen LogP contribution is -2.30. The Morgan fingerprint density at radius 1 is 0.292 bits per heavy atom. The highest BCUT2D eigenvalue weighted by Gasteiger charge is 2.30. The lowest BCUT2D eigenvalue weighted by molar-refractivity contribution is -0.161. The number of carbonyl (C=O) groups is 4. The molecule has 0 bridgehead atoms. The minimum Gasteiger partial charge on any atom is -0.462 e. The molecule has 0 fully saturated rings. The van der Waals surface area contributed by atoms with Crippen LogP contribution < -0.4 is 0 Å². The van der Waals surface area contributed by atoms with Gasteiger partial charge in [-0.05, 0) is 31.6 Å². The van der Waals surface area contributed by atoms with Crippen LogP contribution in [0, 0.1) is 5.92 Å². The highest BCUT2D eigenvalue weighted by molar-refractivity contribution is 7.47. The molecule has 570 valence electrons. The van der Waals surface area contributed by atoms with Crippen molar-refractivity contribution in [3.63, 3.8) is 0 Å². The highest BCUT2D eigenvalue weighted by atomic mass is 31.2. The van der Waals surface area contributed by atoms with E-state index in [9.17, 15) is 43.2 Å². The Morgan fingerprint density at radius 2 is 0.500 bits per heavy atom. The van der Waals surface area contributed by atoms with Gasteiger partial charge in [0.15, 0.2) is 12.2 Å². The maximum Gasteiger partial charge on any atom is 0.472 e. The zero-order valence-electron chi connectivity index (χ0n) is 62.5. The van der Waals surface area contributed by atoms with Crippen molar-refractivity contribution < 1.29 is 80.2 Å². The zero-order chi connectivity index (χ0) is 70.5. The van der Waals surface area contributed by atoms with Crippen LogP contribution in [0.25, 0.3) is 0 Å². The third-order valence-electron chi connectivity index (χ3n) is 18.4. The summed E-state index contributed by atoms with van der Waals surface area (Å²) >= 11 is 0. The second-order valence-corrected chi connectivity index (χ2v) is 30.9. The monoisotopic (exact) mass is 1410 g/mol. The first-order valence-electron chi connectivity index (χ1n) is 40.2. The Morgan fingerprint density at radius 3 is 0.740 bits per heavy atom. The number of hydrogen-bond donors (Lipinski definition) is 3. The Bertz CT molecular complexity index is 1840. The zero-order valence-corrected chi connectivity index (χ0v) is 64.3. The second-order valence-electron chi connectivity index (χ2n) is 28.0. The van der Waals surface area contributed by atoms with Crippen LogP contribution in [-0.2, 0) is 65.4 Å². The van der Waals surface area contributed by atoms with Crippen molar-refractivity contribution in [3.05, 3.63) is 0 Å². The minimum absolute atomic E-state index is 0.106. The number of esters is 4. The maximum atomic E-state index is 13.1. The van der Waals surface area contributed by atoms with Crippen LogP contribution in [-0.4, -0.2) is 96.7 Å². The molecule has 0 aromatic heterocycles. The topological polar surface area (TPSA) is 237 Å². The Labute approximate surface area is 588 Å². The van der Waals surface area contributed by atoms with E-state index in [0.29, 0.717) is 25.7 Å². The fourth-order valence-electron chi connectivity index (χ4n) is 11.8. The van der Waals surface area contributed by atoms with Crippen molar-refractivity contribution >= 4 is 39.5 Å². The smallest absolute Gasteiger partial charge is 0.462 e. The van der Waals surface area contributed by atoms with Crippen molar-refractivity contribution in [1.29, 1.82) is 0 Å². The molecule has 0 aliphatic heterocycles. The van der Waals surface area contributed by atoms with E-state index in [1.165, 1.54) is 231 Å². The molecule has 0 rings (SSSR count). The third kappa shape index (κ3) is 69.2. The molecular formula is C77H150O17P2. The van der Waals surface area contributed by atoms with Crippen molar-refractivity contribution in [2.24, 2.45) is 5.92 Å². The molecule has 0 amide bonds. The van der Waals surface area contributed by atoms with Gasteiger partial charge in [0.25, 0.3) is 0 Å². The van der Waals surface area contributed by atoms with Gasteiger partial charge in [-0.1, -0.05) is 356 Å². The standard InChI is InChI=1S/C77H150O17P2/c1-6-10-13-16-19-22-25-27-29-31-33-35-37-40-46-51-56-61-75(80)88-66-72(93-76(81)62-57-52-47-41-38-36-34-32-30-28-26-23-20-17-14-11-7-2)68-91-95(83,84)89-64-71(78)65-90-96(85,86)92-69-73(67-87-74(79)60-55-50-45-39-24-21-18-15-12-8-3)94-77(82)63-58-53-48-43-42-44-49-54-59-70(5)9-4/h70-73,78H,6-69H2,1-5H3,(H,83,84)(H,85,86)/t70?,71-,72-,73-/m1/s1. The van der Waals surface area contributed by atoms with Crippen LogP contribution in [0.5, 0.6) is 0 Å². The molecule has 0 spiro atoms. The molecule has 0 aromatic rings. The summed E-state index contributed by atoms with van der Waals surface area (Å²) in [6.07, 6.45) is 59.6. The van der Waals surface area contributed by atoms with Crippen LogP contribution in [0.2, 0.25) is 0 Å². The summed E-state index contributed by atoms with van der Waals surface area (Å²) in [7, 11) is -9.91. The van der Waals surface area contributed by atoms with Crippen molar-refractivity contribution in [2.45, 2.75) is 425 Å². The van der Waals surface area contributed by atoms with Gasteiger partial charge in [0, 0.05) is 25.7 Å². The van der Waals surface area contributed by atoms with Crippen LogP contribution in [0.1, 0.15) is 407 Å². The number of phosphoric ester groups is 2. The number of carbonyl (C=O) groups excluding carboxylic acids is 4. The van der Waals surface area contributed by atoms with E-state index in [-0.39, 0.29) is 25.7 Å². The fourth-order valence-corrected chi connectivity index (χ4v) is 13.4. The molecular weight excluding hydrogens is 1260 g/mol. The van der Waals surface area contributed by atoms with Gasteiger partial charge in [-0.2, -0.15) is 0 Å². The van der Waals surface area contributed by atoms with Gasteiger partial charge in [0.05, 0.1) is 26.4 Å². The third-order valence-corrected chi connectivity index (χ3v) is 20.3. The normalized spacial score (nSPS) is 14.2. The number of aliphatic hydroxyl groups excluding tert-OH is 1. The number of phosphoric acid groups is 2. The van der Waals surface area contributed by atoms with E-state index in [1.807, 2.05) is 0 Å². The molecule has 3 N–H and O–H groups in total. The molecule has 3 unspecified atom stereocenters. The van der Waals surface area contributed by atoms with E-state index in [4.69, 9.17) is 37.0 Å². The van der Waals surface area contributed by atoms with Gasteiger partial charge in [-0.15, -0.1) is 0 Å². The molecule has 0 saturated heterocycles. The van der Waals surface area contributed by atoms with E-state index in [1.54, 1.807) is 0 Å². The first-order chi connectivity index (χ1) is 46.6. The molecule has 0 saturated carbocycles. The van der Waals surface area contributed by atoms with Crippen LogP contribution in [0.4, 0.5) is 0 Å². The molecule has 0 aromatic carbocycles. The summed E-state index contributed by atoms with van der Waals surface area (Å²) in [4.78, 5) is 72.8. The molecule has 0 radical (unpaired) electrons. The second kappa shape index (κ2) is 70.1. The summed E-state index contributed by atoms with van der Waals surface area (Å²) in [5, 5.41) is 10.6. The van der Waals surface area contributed by atoms with Crippen molar-refractivity contribution in [1.82, 2.24) is 0 Å². The van der Waals surface area contributed by atoms with Gasteiger partial charge >= 0.3 is 39.5 Å². The predicted molar refractivity (Wildman–Crippen MR) is 391 cm³/mol. The SMILES string of the molecule is CCCCCCCCCCCCCCCCCCCC(=O)OC[C@H](COP(=O)(O)OC[C@@H](O)COP(=O)(O)OC[C@@H](COC(=O)CCCCCCCCCCCC)OC(=O)CCCCCCCCCCC(C)CC)OC(=O)CCCCCCCCCCCCCCCCCCC. The van der Waals surface area contributed by atoms with Crippen LogP contribution >= 0.6 is 15.6 Å². The first-order valence-corrected chi connectivity index (χ1v) is 43.2. The van der Waals surface area contributed by atoms with E-state index >= 15 is 0 Å². The van der Waals surface area contributed by atoms with E-state index in [0.717, 1.165) is 95.8 Å². The molecule has 0 aliphatic carbocycles. The Balaban J connectivity index is 5.24. The molecule has 0 heterocycles. The summed E-state index contributed by atoms with van der Waals surface area (Å²) in [6.45, 7) is 7.29. The summed E-state index contributed by atoms with van der Waals surface area (Å²) in [6, 6.07) is 0. The minimum atomic E-state index is -4.96. The quantitative estimate of drug-likeness (QED) is 0.0222. The average molecular weight is 1410 g/mol. The maximum absolute atomic E-state index is 13.1. The van der Waals surface area contributed by atoms with Gasteiger partial charge in [0.1, 0.15) is 19.3 Å². The van der Waals surface area contributed by atoms with Crippen LogP contribution in [0.3, 0.4) is 0 Å². The van der Waals surface area contributed by atoms with Gasteiger partial charge in [0.2, 0.25) is 0 Å².